The molecule has 1 amide bonds. The van der Waals surface area contributed by atoms with Crippen LogP contribution in [0.15, 0.2) is 0 Å². The van der Waals surface area contributed by atoms with E-state index in [0.717, 1.165) is 51.5 Å². The van der Waals surface area contributed by atoms with E-state index in [1.807, 2.05) is 0 Å². The molecule has 0 aliphatic carbocycles. The predicted molar refractivity (Wildman–Crippen MR) is 303 cm³/mol. The molecule has 0 saturated heterocycles. The SMILES string of the molecule is CCCCCCCCCCCCCCCCCCCCCCCCCCCC(=O)NCCCCCCCCCCCCCCCCCCCCCCCCCCC(CCCCCCCC)C(=O)O. The van der Waals surface area contributed by atoms with Crippen molar-refractivity contribution in [1.29, 1.82) is 0 Å². The van der Waals surface area contributed by atoms with E-state index in [4.69, 9.17) is 0 Å². The maximum Gasteiger partial charge on any atom is 0.306 e. The van der Waals surface area contributed by atoms with Crippen LogP contribution in [0.5, 0.6) is 0 Å². The minimum absolute atomic E-state index is 0.107. The Morgan fingerprint density at radius 3 is 0.691 bits per heavy atom. The molecule has 0 radical (unpaired) electrons. The molecule has 0 aliphatic heterocycles. The Hall–Kier alpha value is -1.06. The van der Waals surface area contributed by atoms with Crippen molar-refractivity contribution >= 4 is 11.9 Å². The highest BCUT2D eigenvalue weighted by atomic mass is 16.4. The molecule has 0 rings (SSSR count). The van der Waals surface area contributed by atoms with E-state index >= 15 is 0 Å². The van der Waals surface area contributed by atoms with Crippen molar-refractivity contribution in [2.45, 2.75) is 386 Å². The summed E-state index contributed by atoms with van der Waals surface area (Å²) in [6, 6.07) is 0. The van der Waals surface area contributed by atoms with Gasteiger partial charge < -0.3 is 10.4 Å². The van der Waals surface area contributed by atoms with Crippen LogP contribution in [0.1, 0.15) is 386 Å². The number of hydrogen-bond donors (Lipinski definition) is 2. The Balaban J connectivity index is 3.22. The second kappa shape index (κ2) is 60.2. The van der Waals surface area contributed by atoms with Gasteiger partial charge in [-0.25, -0.2) is 0 Å². The molecule has 0 bridgehead atoms. The third-order valence-electron chi connectivity index (χ3n) is 15.6. The molecule has 406 valence electrons. The van der Waals surface area contributed by atoms with Crippen molar-refractivity contribution < 1.29 is 14.7 Å². The third kappa shape index (κ3) is 57.5. The van der Waals surface area contributed by atoms with Crippen molar-refractivity contribution in [3.8, 4) is 0 Å². The molecule has 0 aromatic heterocycles. The van der Waals surface area contributed by atoms with Crippen LogP contribution in [0.4, 0.5) is 0 Å². The molecule has 0 heterocycles. The van der Waals surface area contributed by atoms with Crippen LogP contribution in [-0.4, -0.2) is 23.5 Å². The van der Waals surface area contributed by atoms with E-state index in [-0.39, 0.29) is 11.8 Å². The summed E-state index contributed by atoms with van der Waals surface area (Å²) in [4.78, 5) is 23.9. The zero-order valence-corrected chi connectivity index (χ0v) is 47.1. The summed E-state index contributed by atoms with van der Waals surface area (Å²) in [6.07, 6.45) is 78.0. The Labute approximate surface area is 428 Å². The monoisotopic (exact) mass is 958 g/mol. The van der Waals surface area contributed by atoms with Gasteiger partial charge in [-0.15, -0.1) is 0 Å². The Morgan fingerprint density at radius 2 is 0.471 bits per heavy atom. The van der Waals surface area contributed by atoms with Crippen molar-refractivity contribution in [1.82, 2.24) is 5.32 Å². The molecule has 68 heavy (non-hydrogen) atoms. The van der Waals surface area contributed by atoms with E-state index in [2.05, 4.69) is 19.2 Å². The standard InChI is InChI=1S/C64H127NO3/c1-3-5-7-9-11-12-13-14-15-16-17-18-19-20-24-27-30-33-36-39-42-45-48-52-56-60-63(66)65-61-57-53-49-46-43-40-37-34-31-28-25-22-21-23-26-29-32-35-38-41-44-47-51-55-59-62(64(67)68)58-54-50-10-8-6-4-2/h62H,3-61H2,1-2H3,(H,65,66)(H,67,68). The fraction of sp³-hybridized carbons (Fsp3) is 0.969. The van der Waals surface area contributed by atoms with Gasteiger partial charge in [0.15, 0.2) is 0 Å². The number of carbonyl (C=O) groups excluding carboxylic acids is 1. The maximum atomic E-state index is 12.2. The Bertz CT molecular complexity index is 952. The third-order valence-corrected chi connectivity index (χ3v) is 15.6. The van der Waals surface area contributed by atoms with Gasteiger partial charge in [-0.1, -0.05) is 354 Å². The first-order valence-corrected chi connectivity index (χ1v) is 32.1. The van der Waals surface area contributed by atoms with Gasteiger partial charge in [0.2, 0.25) is 5.91 Å². The summed E-state index contributed by atoms with van der Waals surface area (Å²) in [7, 11) is 0. The molecule has 0 aromatic carbocycles. The topological polar surface area (TPSA) is 66.4 Å². The molecule has 0 aliphatic rings. The Morgan fingerprint density at radius 1 is 0.279 bits per heavy atom. The van der Waals surface area contributed by atoms with Crippen LogP contribution < -0.4 is 5.32 Å². The van der Waals surface area contributed by atoms with Crippen LogP contribution >= 0.6 is 0 Å². The van der Waals surface area contributed by atoms with E-state index in [0.29, 0.717) is 0 Å². The fourth-order valence-corrected chi connectivity index (χ4v) is 10.7. The highest BCUT2D eigenvalue weighted by Crippen LogP contribution is 2.21. The fourth-order valence-electron chi connectivity index (χ4n) is 10.7. The van der Waals surface area contributed by atoms with Crippen LogP contribution in [0, 0.1) is 5.92 Å². The van der Waals surface area contributed by atoms with Gasteiger partial charge in [-0.3, -0.25) is 9.59 Å². The number of carboxylic acids is 1. The normalized spacial score (nSPS) is 12.0. The largest absolute Gasteiger partial charge is 0.481 e. The summed E-state index contributed by atoms with van der Waals surface area (Å²) < 4.78 is 0. The van der Waals surface area contributed by atoms with Crippen LogP contribution in [-0.2, 0) is 9.59 Å². The zero-order chi connectivity index (χ0) is 49.2. The first-order chi connectivity index (χ1) is 33.6. The lowest BCUT2D eigenvalue weighted by Gasteiger charge is -2.12. The zero-order valence-electron chi connectivity index (χ0n) is 47.1. The number of carboxylic acid groups (broad SMARTS) is 1. The van der Waals surface area contributed by atoms with Gasteiger partial charge in [-0.2, -0.15) is 0 Å². The highest BCUT2D eigenvalue weighted by Gasteiger charge is 2.16. The van der Waals surface area contributed by atoms with Crippen LogP contribution in [0.25, 0.3) is 0 Å². The second-order valence-electron chi connectivity index (χ2n) is 22.5. The van der Waals surface area contributed by atoms with Crippen molar-refractivity contribution in [3.63, 3.8) is 0 Å². The van der Waals surface area contributed by atoms with Crippen molar-refractivity contribution in [2.75, 3.05) is 6.54 Å². The predicted octanol–water partition coefficient (Wildman–Crippen LogP) is 22.5. The Kier molecular flexibility index (Phi) is 59.3. The summed E-state index contributed by atoms with van der Waals surface area (Å²) in [5, 5.41) is 12.7. The lowest BCUT2D eigenvalue weighted by molar-refractivity contribution is -0.142. The number of carbonyl (C=O) groups is 2. The lowest BCUT2D eigenvalue weighted by Crippen LogP contribution is -2.23. The smallest absolute Gasteiger partial charge is 0.306 e. The van der Waals surface area contributed by atoms with Crippen LogP contribution in [0.3, 0.4) is 0 Å². The summed E-state index contributed by atoms with van der Waals surface area (Å²) >= 11 is 0. The molecule has 4 nitrogen and oxygen atoms in total. The molecule has 0 saturated carbocycles. The molecule has 4 heteroatoms. The molecule has 0 spiro atoms. The molecule has 1 atom stereocenters. The van der Waals surface area contributed by atoms with Gasteiger partial charge in [0.1, 0.15) is 0 Å². The lowest BCUT2D eigenvalue weighted by atomic mass is 9.94. The number of unbranched alkanes of at least 4 members (excludes halogenated alkanes) is 52. The maximum absolute atomic E-state index is 12.2. The quantitative estimate of drug-likeness (QED) is 0.0597. The van der Waals surface area contributed by atoms with E-state index in [1.54, 1.807) is 0 Å². The molecular formula is C64H127NO3. The minimum Gasteiger partial charge on any atom is -0.481 e. The molecule has 1 unspecified atom stereocenters. The number of nitrogens with one attached hydrogen (secondary N) is 1. The molecular weight excluding hydrogens is 831 g/mol. The van der Waals surface area contributed by atoms with E-state index < -0.39 is 5.97 Å². The minimum atomic E-state index is -0.566. The van der Waals surface area contributed by atoms with Gasteiger partial charge in [-0.05, 0) is 25.7 Å². The van der Waals surface area contributed by atoms with Gasteiger partial charge >= 0.3 is 5.97 Å². The number of hydrogen-bond acceptors (Lipinski definition) is 2. The molecule has 2 N–H and O–H groups in total. The molecule has 0 fully saturated rings. The number of aliphatic carboxylic acids is 1. The van der Waals surface area contributed by atoms with Crippen molar-refractivity contribution in [3.05, 3.63) is 0 Å². The first kappa shape index (κ1) is 66.9. The van der Waals surface area contributed by atoms with E-state index in [9.17, 15) is 14.7 Å². The first-order valence-electron chi connectivity index (χ1n) is 32.1. The van der Waals surface area contributed by atoms with Gasteiger partial charge in [0.25, 0.3) is 0 Å². The highest BCUT2D eigenvalue weighted by molar-refractivity contribution is 5.75. The summed E-state index contributed by atoms with van der Waals surface area (Å²) in [6.45, 7) is 5.42. The van der Waals surface area contributed by atoms with E-state index in [1.165, 1.54) is 327 Å². The summed E-state index contributed by atoms with van der Waals surface area (Å²) in [5.41, 5.74) is 0. The van der Waals surface area contributed by atoms with Gasteiger partial charge in [0.05, 0.1) is 5.92 Å². The second-order valence-corrected chi connectivity index (χ2v) is 22.5. The van der Waals surface area contributed by atoms with Gasteiger partial charge in [0, 0.05) is 13.0 Å². The number of amides is 1. The van der Waals surface area contributed by atoms with Crippen molar-refractivity contribution in [2.24, 2.45) is 5.92 Å². The average molecular weight is 959 g/mol. The summed E-state index contributed by atoms with van der Waals surface area (Å²) in [5.74, 6) is -0.395. The number of rotatable bonds is 61. The van der Waals surface area contributed by atoms with Crippen LogP contribution in [0.2, 0.25) is 0 Å². The average Bonchev–Trinajstić information content (AvgIpc) is 3.34. The molecule has 0 aromatic rings.